The minimum Gasteiger partial charge on any atom is -0.361 e. The van der Waals surface area contributed by atoms with Crippen LogP contribution in [0.4, 0.5) is 0 Å². The van der Waals surface area contributed by atoms with Gasteiger partial charge >= 0.3 is 0 Å². The van der Waals surface area contributed by atoms with Crippen LogP contribution in [0.3, 0.4) is 0 Å². The topological polar surface area (TPSA) is 44.9 Å². The molecule has 3 nitrogen and oxygen atoms in total. The number of benzene rings is 3. The van der Waals surface area contributed by atoms with Gasteiger partial charge in [0.15, 0.2) is 0 Å². The minimum absolute atomic E-state index is 0.0326. The number of rotatable bonds is 4. The van der Waals surface area contributed by atoms with Gasteiger partial charge in [0.05, 0.1) is 12.5 Å². The van der Waals surface area contributed by atoms with Gasteiger partial charge in [0.25, 0.3) is 0 Å². The summed E-state index contributed by atoms with van der Waals surface area (Å²) in [6.07, 6.45) is 2.30. The van der Waals surface area contributed by atoms with Gasteiger partial charge in [-0.1, -0.05) is 60.7 Å². The third kappa shape index (κ3) is 3.01. The zero-order chi connectivity index (χ0) is 17.2. The number of para-hydroxylation sites is 1. The standard InChI is InChI=1S/C22H20N2O/c1-15(18-11-6-8-16-7-2-3-9-19(16)18)24-22(25)13-17-14-23-21-12-5-4-10-20(17)21/h2-12,14-15,23H,13H2,1H3,(H,24,25)/t15-/m0/s1. The zero-order valence-corrected chi connectivity index (χ0v) is 14.1. The van der Waals surface area contributed by atoms with Crippen LogP contribution in [0.2, 0.25) is 0 Å². The average molecular weight is 328 g/mol. The Morgan fingerprint density at radius 1 is 0.960 bits per heavy atom. The van der Waals surface area contributed by atoms with E-state index >= 15 is 0 Å². The van der Waals surface area contributed by atoms with E-state index in [2.05, 4.69) is 34.6 Å². The molecule has 2 N–H and O–H groups in total. The molecule has 0 aliphatic heterocycles. The zero-order valence-electron chi connectivity index (χ0n) is 14.1. The Bertz CT molecular complexity index is 1040. The normalized spacial score (nSPS) is 12.4. The lowest BCUT2D eigenvalue weighted by atomic mass is 9.99. The van der Waals surface area contributed by atoms with Crippen LogP contribution in [-0.2, 0) is 11.2 Å². The second-order valence-electron chi connectivity index (χ2n) is 6.39. The molecule has 4 aromatic rings. The SMILES string of the molecule is C[C@H](NC(=O)Cc1c[nH]c2ccccc12)c1cccc2ccccc12. The smallest absolute Gasteiger partial charge is 0.224 e. The molecule has 1 amide bonds. The van der Waals surface area contributed by atoms with Gasteiger partial charge in [0.1, 0.15) is 0 Å². The van der Waals surface area contributed by atoms with E-state index in [9.17, 15) is 4.79 Å². The summed E-state index contributed by atoms with van der Waals surface area (Å²) >= 11 is 0. The van der Waals surface area contributed by atoms with Crippen molar-refractivity contribution in [3.63, 3.8) is 0 Å². The Balaban J connectivity index is 1.54. The van der Waals surface area contributed by atoms with E-state index in [1.165, 1.54) is 10.8 Å². The molecule has 0 radical (unpaired) electrons. The Labute approximate surface area is 146 Å². The van der Waals surface area contributed by atoms with E-state index in [4.69, 9.17) is 0 Å². The molecule has 0 bridgehead atoms. The maximum atomic E-state index is 12.5. The molecule has 0 saturated heterocycles. The number of hydrogen-bond donors (Lipinski definition) is 2. The van der Waals surface area contributed by atoms with E-state index in [1.54, 1.807) is 0 Å². The quantitative estimate of drug-likeness (QED) is 0.558. The predicted octanol–water partition coefficient (Wildman–Crippen LogP) is 4.74. The van der Waals surface area contributed by atoms with Gasteiger partial charge in [0.2, 0.25) is 5.91 Å². The lowest BCUT2D eigenvalue weighted by Gasteiger charge is -2.16. The van der Waals surface area contributed by atoms with Crippen molar-refractivity contribution in [2.24, 2.45) is 0 Å². The molecule has 25 heavy (non-hydrogen) atoms. The first kappa shape index (κ1) is 15.5. The van der Waals surface area contributed by atoms with Crippen LogP contribution in [0.5, 0.6) is 0 Å². The van der Waals surface area contributed by atoms with Gasteiger partial charge in [-0.15, -0.1) is 0 Å². The third-order valence-corrected chi connectivity index (χ3v) is 4.69. The number of hydrogen-bond acceptors (Lipinski definition) is 1. The van der Waals surface area contributed by atoms with Gasteiger partial charge in [-0.2, -0.15) is 0 Å². The minimum atomic E-state index is -0.0381. The van der Waals surface area contributed by atoms with Crippen LogP contribution >= 0.6 is 0 Å². The number of carbonyl (C=O) groups is 1. The maximum Gasteiger partial charge on any atom is 0.224 e. The highest BCUT2D eigenvalue weighted by atomic mass is 16.1. The highest BCUT2D eigenvalue weighted by molar-refractivity contribution is 5.90. The fourth-order valence-electron chi connectivity index (χ4n) is 3.45. The van der Waals surface area contributed by atoms with E-state index < -0.39 is 0 Å². The van der Waals surface area contributed by atoms with Crippen molar-refractivity contribution in [2.45, 2.75) is 19.4 Å². The third-order valence-electron chi connectivity index (χ3n) is 4.69. The number of aromatic amines is 1. The summed E-state index contributed by atoms with van der Waals surface area (Å²) in [6, 6.07) is 22.5. The molecule has 0 unspecified atom stereocenters. The molecule has 4 rings (SSSR count). The molecule has 3 heteroatoms. The molecule has 1 atom stereocenters. The van der Waals surface area contributed by atoms with Crippen LogP contribution < -0.4 is 5.32 Å². The maximum absolute atomic E-state index is 12.5. The lowest BCUT2D eigenvalue weighted by molar-refractivity contribution is -0.121. The predicted molar refractivity (Wildman–Crippen MR) is 103 cm³/mol. The van der Waals surface area contributed by atoms with Crippen LogP contribution in [0, 0.1) is 0 Å². The van der Waals surface area contributed by atoms with Gasteiger partial charge in [-0.3, -0.25) is 4.79 Å². The molecule has 1 heterocycles. The molecule has 0 spiro atoms. The molecule has 0 aliphatic carbocycles. The van der Waals surface area contributed by atoms with E-state index in [0.717, 1.165) is 22.0 Å². The Kier molecular flexibility index (Phi) is 3.98. The number of carbonyl (C=O) groups excluding carboxylic acids is 1. The molecule has 0 aliphatic rings. The van der Waals surface area contributed by atoms with Crippen molar-refractivity contribution in [3.05, 3.63) is 84.1 Å². The van der Waals surface area contributed by atoms with Crippen molar-refractivity contribution >= 4 is 27.6 Å². The van der Waals surface area contributed by atoms with Crippen LogP contribution in [0.25, 0.3) is 21.7 Å². The highest BCUT2D eigenvalue weighted by Crippen LogP contribution is 2.24. The molecular weight excluding hydrogens is 308 g/mol. The van der Waals surface area contributed by atoms with Gasteiger partial charge in [0, 0.05) is 17.1 Å². The molecule has 0 saturated carbocycles. The van der Waals surface area contributed by atoms with Crippen molar-refractivity contribution in [2.75, 3.05) is 0 Å². The monoisotopic (exact) mass is 328 g/mol. The summed E-state index contributed by atoms with van der Waals surface area (Å²) in [5.41, 5.74) is 3.23. The summed E-state index contributed by atoms with van der Waals surface area (Å²) in [4.78, 5) is 15.8. The molecule has 0 fully saturated rings. The molecule has 124 valence electrons. The number of H-pyrrole nitrogens is 1. The van der Waals surface area contributed by atoms with Crippen molar-refractivity contribution in [1.29, 1.82) is 0 Å². The van der Waals surface area contributed by atoms with Crippen molar-refractivity contribution in [3.8, 4) is 0 Å². The summed E-state index contributed by atoms with van der Waals surface area (Å²) in [6.45, 7) is 2.04. The Morgan fingerprint density at radius 3 is 2.56 bits per heavy atom. The molecule has 1 aromatic heterocycles. The Hall–Kier alpha value is -3.07. The summed E-state index contributed by atoms with van der Waals surface area (Å²) in [5, 5.41) is 6.62. The number of aromatic nitrogens is 1. The number of nitrogens with one attached hydrogen (secondary N) is 2. The van der Waals surface area contributed by atoms with E-state index in [0.29, 0.717) is 6.42 Å². The summed E-state index contributed by atoms with van der Waals surface area (Å²) in [5.74, 6) is 0.0326. The van der Waals surface area contributed by atoms with E-state index in [-0.39, 0.29) is 11.9 Å². The van der Waals surface area contributed by atoms with Crippen molar-refractivity contribution in [1.82, 2.24) is 10.3 Å². The lowest BCUT2D eigenvalue weighted by Crippen LogP contribution is -2.28. The molecular formula is C22H20N2O. The van der Waals surface area contributed by atoms with Crippen LogP contribution in [0.15, 0.2) is 72.9 Å². The largest absolute Gasteiger partial charge is 0.361 e. The second kappa shape index (κ2) is 6.44. The van der Waals surface area contributed by atoms with E-state index in [1.807, 2.05) is 55.6 Å². The molecule has 3 aromatic carbocycles. The van der Waals surface area contributed by atoms with Crippen LogP contribution in [-0.4, -0.2) is 10.9 Å². The fourth-order valence-corrected chi connectivity index (χ4v) is 3.45. The highest BCUT2D eigenvalue weighted by Gasteiger charge is 2.14. The summed E-state index contributed by atoms with van der Waals surface area (Å²) in [7, 11) is 0. The fraction of sp³-hybridized carbons (Fsp3) is 0.136. The van der Waals surface area contributed by atoms with Crippen LogP contribution in [0.1, 0.15) is 24.1 Å². The van der Waals surface area contributed by atoms with Gasteiger partial charge in [-0.25, -0.2) is 0 Å². The van der Waals surface area contributed by atoms with Gasteiger partial charge in [-0.05, 0) is 34.9 Å². The summed E-state index contributed by atoms with van der Waals surface area (Å²) < 4.78 is 0. The first-order valence-corrected chi connectivity index (χ1v) is 8.54. The number of amides is 1. The number of fused-ring (bicyclic) bond motifs is 2. The van der Waals surface area contributed by atoms with Crippen molar-refractivity contribution < 1.29 is 4.79 Å². The van der Waals surface area contributed by atoms with Gasteiger partial charge < -0.3 is 10.3 Å². The first-order chi connectivity index (χ1) is 12.2. The average Bonchev–Trinajstić information content (AvgIpc) is 3.04. The first-order valence-electron chi connectivity index (χ1n) is 8.54. The Morgan fingerprint density at radius 2 is 1.68 bits per heavy atom. The second-order valence-corrected chi connectivity index (χ2v) is 6.39.